The molecule has 0 bridgehead atoms. The van der Waals surface area contributed by atoms with Gasteiger partial charge in [0, 0.05) is 6.08 Å². The van der Waals surface area contributed by atoms with Crippen LogP contribution >= 0.6 is 34.8 Å². The average Bonchev–Trinajstić information content (AvgIpc) is 3.02. The molecule has 2 aromatic rings. The van der Waals surface area contributed by atoms with Crippen molar-refractivity contribution in [2.45, 2.75) is 0 Å². The van der Waals surface area contributed by atoms with E-state index in [-0.39, 0.29) is 20.8 Å². The molecule has 1 aromatic heterocycles. The zero-order valence-electron chi connectivity index (χ0n) is 11.5. The van der Waals surface area contributed by atoms with Crippen molar-refractivity contribution in [1.29, 1.82) is 0 Å². The minimum absolute atomic E-state index is 0.219. The molecular weight excluding hydrogens is 365 g/mol. The highest BCUT2D eigenvalue weighted by atomic mass is 35.5. The molecule has 0 saturated heterocycles. The number of nitrogens with one attached hydrogen (secondary N) is 1. The van der Waals surface area contributed by atoms with Crippen molar-refractivity contribution in [3.63, 3.8) is 0 Å². The fraction of sp³-hybridized carbons (Fsp3) is 0.0667. The second-order valence-electron chi connectivity index (χ2n) is 4.25. The van der Waals surface area contributed by atoms with E-state index in [1.165, 1.54) is 24.5 Å². The van der Waals surface area contributed by atoms with Crippen molar-refractivity contribution in [1.82, 2.24) is 0 Å². The highest BCUT2D eigenvalue weighted by molar-refractivity contribution is 6.44. The van der Waals surface area contributed by atoms with Crippen LogP contribution in [0.5, 0.6) is 0 Å². The predicted molar refractivity (Wildman–Crippen MR) is 88.8 cm³/mol. The van der Waals surface area contributed by atoms with E-state index in [0.717, 1.165) is 6.08 Å². The van der Waals surface area contributed by atoms with Gasteiger partial charge in [-0.2, -0.15) is 0 Å². The summed E-state index contributed by atoms with van der Waals surface area (Å²) in [6.45, 7) is -0.474. The second-order valence-corrected chi connectivity index (χ2v) is 5.47. The lowest BCUT2D eigenvalue weighted by atomic mass is 10.3. The molecule has 0 aliphatic heterocycles. The van der Waals surface area contributed by atoms with E-state index in [1.54, 1.807) is 12.1 Å². The van der Waals surface area contributed by atoms with Crippen molar-refractivity contribution in [3.8, 4) is 0 Å². The summed E-state index contributed by atoms with van der Waals surface area (Å²) in [5, 5.41) is 3.20. The predicted octanol–water partition coefficient (Wildman–Crippen LogP) is 4.43. The van der Waals surface area contributed by atoms with Gasteiger partial charge in [0.15, 0.2) is 6.61 Å². The summed E-state index contributed by atoms with van der Waals surface area (Å²) in [6.07, 6.45) is 4.05. The molecule has 0 aliphatic rings. The number of rotatable bonds is 5. The largest absolute Gasteiger partial charge is 0.465 e. The first-order chi connectivity index (χ1) is 11.0. The van der Waals surface area contributed by atoms with Gasteiger partial charge in [0.25, 0.3) is 5.91 Å². The summed E-state index contributed by atoms with van der Waals surface area (Å²) in [5.41, 5.74) is 0.272. The standard InChI is InChI=1S/C15H10Cl3NO4/c16-10-6-12(18)13(7-11(10)17)19-14(20)8-23-15(21)4-3-9-2-1-5-22-9/h1-7H,8H2,(H,19,20)/b4-3+. The molecule has 0 radical (unpaired) electrons. The minimum atomic E-state index is -0.684. The lowest BCUT2D eigenvalue weighted by Crippen LogP contribution is -2.20. The van der Waals surface area contributed by atoms with Crippen LogP contribution < -0.4 is 5.32 Å². The molecule has 1 aromatic carbocycles. The van der Waals surface area contributed by atoms with Gasteiger partial charge in [-0.1, -0.05) is 34.8 Å². The number of hydrogen-bond donors (Lipinski definition) is 1. The molecular formula is C15H10Cl3NO4. The molecule has 5 nitrogen and oxygen atoms in total. The third kappa shape index (κ3) is 5.32. The number of furan rings is 1. The molecule has 23 heavy (non-hydrogen) atoms. The Hall–Kier alpha value is -1.95. The number of esters is 1. The van der Waals surface area contributed by atoms with E-state index in [4.69, 9.17) is 44.0 Å². The summed E-state index contributed by atoms with van der Waals surface area (Å²) in [5.74, 6) is -0.754. The van der Waals surface area contributed by atoms with Gasteiger partial charge in [-0.25, -0.2) is 4.79 Å². The molecule has 1 heterocycles. The van der Waals surface area contributed by atoms with Crippen LogP contribution in [0.1, 0.15) is 5.76 Å². The lowest BCUT2D eigenvalue weighted by molar-refractivity contribution is -0.142. The molecule has 0 fully saturated rings. The van der Waals surface area contributed by atoms with Gasteiger partial charge in [-0.05, 0) is 30.3 Å². The Kier molecular flexibility index (Phi) is 6.10. The van der Waals surface area contributed by atoms with E-state index < -0.39 is 18.5 Å². The minimum Gasteiger partial charge on any atom is -0.465 e. The van der Waals surface area contributed by atoms with Crippen LogP contribution in [0.3, 0.4) is 0 Å². The molecule has 1 N–H and O–H groups in total. The van der Waals surface area contributed by atoms with Crippen LogP contribution in [0.15, 0.2) is 41.0 Å². The number of benzene rings is 1. The number of halogens is 3. The number of carbonyl (C=O) groups excluding carboxylic acids is 2. The van der Waals surface area contributed by atoms with E-state index in [2.05, 4.69) is 5.32 Å². The van der Waals surface area contributed by atoms with Gasteiger partial charge >= 0.3 is 5.97 Å². The molecule has 0 saturated carbocycles. The second kappa shape index (κ2) is 8.06. The maximum atomic E-state index is 11.7. The van der Waals surface area contributed by atoms with Crippen LogP contribution in [-0.2, 0) is 14.3 Å². The fourth-order valence-corrected chi connectivity index (χ4v) is 2.12. The zero-order chi connectivity index (χ0) is 16.8. The summed E-state index contributed by atoms with van der Waals surface area (Å²) >= 11 is 17.6. The molecule has 0 atom stereocenters. The van der Waals surface area contributed by atoms with Gasteiger partial charge in [0.2, 0.25) is 0 Å². The molecule has 120 valence electrons. The van der Waals surface area contributed by atoms with Crippen LogP contribution in [0.25, 0.3) is 6.08 Å². The van der Waals surface area contributed by atoms with Crippen LogP contribution in [0.2, 0.25) is 15.1 Å². The Balaban J connectivity index is 1.85. The highest BCUT2D eigenvalue weighted by Crippen LogP contribution is 2.32. The number of ether oxygens (including phenoxy) is 1. The van der Waals surface area contributed by atoms with Crippen molar-refractivity contribution in [2.75, 3.05) is 11.9 Å². The van der Waals surface area contributed by atoms with E-state index >= 15 is 0 Å². The Bertz CT molecular complexity index is 741. The molecule has 0 aliphatic carbocycles. The fourth-order valence-electron chi connectivity index (χ4n) is 1.53. The highest BCUT2D eigenvalue weighted by Gasteiger charge is 2.10. The number of anilines is 1. The summed E-state index contributed by atoms with van der Waals surface area (Å²) in [4.78, 5) is 23.2. The van der Waals surface area contributed by atoms with E-state index in [1.807, 2.05) is 0 Å². The third-order valence-electron chi connectivity index (χ3n) is 2.56. The van der Waals surface area contributed by atoms with Crippen molar-refractivity contribution < 1.29 is 18.7 Å². The molecule has 0 unspecified atom stereocenters. The molecule has 0 spiro atoms. The SMILES string of the molecule is O=C(COC(=O)/C=C/c1ccco1)Nc1cc(Cl)c(Cl)cc1Cl. The quantitative estimate of drug-likeness (QED) is 0.477. The molecule has 1 amide bonds. The summed E-state index contributed by atoms with van der Waals surface area (Å²) < 4.78 is 9.80. The van der Waals surface area contributed by atoms with Gasteiger partial charge in [0.1, 0.15) is 5.76 Å². The topological polar surface area (TPSA) is 68.5 Å². The van der Waals surface area contributed by atoms with Crippen LogP contribution in [0, 0.1) is 0 Å². The van der Waals surface area contributed by atoms with Gasteiger partial charge in [-0.15, -0.1) is 0 Å². The maximum absolute atomic E-state index is 11.7. The Morgan fingerprint density at radius 2 is 1.91 bits per heavy atom. The average molecular weight is 375 g/mol. The lowest BCUT2D eigenvalue weighted by Gasteiger charge is -2.08. The zero-order valence-corrected chi connectivity index (χ0v) is 13.8. The molecule has 2 rings (SSSR count). The van der Waals surface area contributed by atoms with Crippen LogP contribution in [0.4, 0.5) is 5.69 Å². The monoisotopic (exact) mass is 373 g/mol. The van der Waals surface area contributed by atoms with Crippen LogP contribution in [-0.4, -0.2) is 18.5 Å². The first-order valence-corrected chi connectivity index (χ1v) is 7.42. The normalized spacial score (nSPS) is 10.7. The maximum Gasteiger partial charge on any atom is 0.331 e. The smallest absolute Gasteiger partial charge is 0.331 e. The third-order valence-corrected chi connectivity index (χ3v) is 3.59. The Labute approximate surface area is 146 Å². The first kappa shape index (κ1) is 17.4. The van der Waals surface area contributed by atoms with Gasteiger partial charge in [-0.3, -0.25) is 4.79 Å². The Morgan fingerprint density at radius 3 is 2.61 bits per heavy atom. The first-order valence-electron chi connectivity index (χ1n) is 6.28. The van der Waals surface area contributed by atoms with E-state index in [9.17, 15) is 9.59 Å². The van der Waals surface area contributed by atoms with Crippen molar-refractivity contribution in [2.24, 2.45) is 0 Å². The van der Waals surface area contributed by atoms with Crippen molar-refractivity contribution >= 4 is 58.4 Å². The summed E-state index contributed by atoms with van der Waals surface area (Å²) in [6, 6.07) is 6.16. The number of hydrogen-bond acceptors (Lipinski definition) is 4. The number of carbonyl (C=O) groups is 2. The Morgan fingerprint density at radius 1 is 1.17 bits per heavy atom. The molecule has 8 heteroatoms. The van der Waals surface area contributed by atoms with Gasteiger partial charge < -0.3 is 14.5 Å². The van der Waals surface area contributed by atoms with Crippen molar-refractivity contribution in [3.05, 3.63) is 57.4 Å². The van der Waals surface area contributed by atoms with E-state index in [0.29, 0.717) is 5.76 Å². The summed E-state index contributed by atoms with van der Waals surface area (Å²) in [7, 11) is 0. The number of amides is 1. The van der Waals surface area contributed by atoms with Gasteiger partial charge in [0.05, 0.1) is 27.0 Å².